The third-order valence-electron chi connectivity index (χ3n) is 6.13. The fraction of sp³-hybridized carbons (Fsp3) is 0.545. The Labute approximate surface area is 189 Å². The lowest BCUT2D eigenvalue weighted by Crippen LogP contribution is -2.42. The number of piperidine rings is 1. The van der Waals surface area contributed by atoms with Gasteiger partial charge in [-0.3, -0.25) is 4.79 Å². The molecule has 9 nitrogen and oxygen atoms in total. The van der Waals surface area contributed by atoms with Crippen molar-refractivity contribution in [1.29, 1.82) is 0 Å². The molecular weight excluding hydrogens is 434 g/mol. The minimum atomic E-state index is -3.66. The summed E-state index contributed by atoms with van der Waals surface area (Å²) in [5.74, 6) is 1.44. The third-order valence-corrected chi connectivity index (χ3v) is 8.28. The summed E-state index contributed by atoms with van der Waals surface area (Å²) in [5, 5.41) is 6.74. The summed E-state index contributed by atoms with van der Waals surface area (Å²) in [6.45, 7) is 6.19. The van der Waals surface area contributed by atoms with Gasteiger partial charge in [0, 0.05) is 37.2 Å². The maximum absolute atomic E-state index is 13.0. The number of hydrogen-bond donors (Lipinski definition) is 1. The minimum absolute atomic E-state index is 0.0603. The Kier molecular flexibility index (Phi) is 7.45. The lowest BCUT2D eigenvalue weighted by Gasteiger charge is -2.33. The van der Waals surface area contributed by atoms with Crippen LogP contribution in [0.2, 0.25) is 0 Å². The zero-order valence-electron chi connectivity index (χ0n) is 19.2. The van der Waals surface area contributed by atoms with E-state index in [9.17, 15) is 13.2 Å². The van der Waals surface area contributed by atoms with Crippen molar-refractivity contribution >= 4 is 15.9 Å². The van der Waals surface area contributed by atoms with Gasteiger partial charge in [0.15, 0.2) is 5.76 Å². The Bertz CT molecular complexity index is 1040. The zero-order chi connectivity index (χ0) is 23.5. The maximum atomic E-state index is 13.0. The highest BCUT2D eigenvalue weighted by atomic mass is 32.2. The third kappa shape index (κ3) is 4.91. The second kappa shape index (κ2) is 9.91. The van der Waals surface area contributed by atoms with Crippen molar-refractivity contribution in [3.63, 3.8) is 0 Å². The molecule has 0 saturated carbocycles. The van der Waals surface area contributed by atoms with Crippen LogP contribution in [0.1, 0.15) is 36.8 Å². The van der Waals surface area contributed by atoms with Crippen molar-refractivity contribution < 1.29 is 27.2 Å². The van der Waals surface area contributed by atoms with Crippen LogP contribution in [0.3, 0.4) is 0 Å². The molecule has 3 rings (SSSR count). The molecule has 2 heterocycles. The van der Waals surface area contributed by atoms with Crippen LogP contribution < -0.4 is 14.8 Å². The van der Waals surface area contributed by atoms with Crippen molar-refractivity contribution in [2.24, 2.45) is 11.8 Å². The summed E-state index contributed by atoms with van der Waals surface area (Å²) in [6, 6.07) is 5.46. The first-order valence-electron chi connectivity index (χ1n) is 10.6. The van der Waals surface area contributed by atoms with Crippen molar-refractivity contribution in [3.8, 4) is 11.5 Å². The molecule has 1 aromatic heterocycles. The summed E-state index contributed by atoms with van der Waals surface area (Å²) < 4.78 is 43.1. The number of methoxy groups -OCH3 is 2. The first-order chi connectivity index (χ1) is 15.2. The average Bonchev–Trinajstić information content (AvgIpc) is 3.15. The first kappa shape index (κ1) is 24.1. The average molecular weight is 466 g/mol. The molecule has 1 amide bonds. The number of amides is 1. The van der Waals surface area contributed by atoms with Gasteiger partial charge in [0.25, 0.3) is 0 Å². The van der Waals surface area contributed by atoms with Gasteiger partial charge in [-0.1, -0.05) is 12.1 Å². The minimum Gasteiger partial charge on any atom is -0.497 e. The Morgan fingerprint density at radius 3 is 2.50 bits per heavy atom. The van der Waals surface area contributed by atoms with Gasteiger partial charge < -0.3 is 19.3 Å². The highest BCUT2D eigenvalue weighted by Crippen LogP contribution is 2.31. The van der Waals surface area contributed by atoms with Crippen LogP contribution in [0.4, 0.5) is 0 Å². The highest BCUT2D eigenvalue weighted by molar-refractivity contribution is 7.89. The van der Waals surface area contributed by atoms with Gasteiger partial charge in [0.1, 0.15) is 22.1 Å². The Morgan fingerprint density at radius 1 is 1.25 bits per heavy atom. The SMILES string of the molecule is COc1ccc(CNC(=O)C(C)C2CCN(S(=O)(=O)c3c(C)noc3C)CC2)c(OC)c1. The second-order valence-corrected chi connectivity index (χ2v) is 9.95. The molecule has 1 saturated heterocycles. The van der Waals surface area contributed by atoms with Crippen LogP contribution in [-0.4, -0.2) is 51.1 Å². The standard InChI is InChI=1S/C22H31N3O6S/c1-14(22(26)23-13-18-6-7-19(29-4)12-20(18)30-5)17-8-10-25(11-9-17)32(27,28)21-15(2)24-31-16(21)3/h6-7,12,14,17H,8-11,13H2,1-5H3,(H,23,26). The lowest BCUT2D eigenvalue weighted by molar-refractivity contribution is -0.126. The van der Waals surface area contributed by atoms with Crippen LogP contribution in [0.15, 0.2) is 27.6 Å². The second-order valence-electron chi connectivity index (χ2n) is 8.08. The Balaban J connectivity index is 1.57. The number of hydrogen-bond acceptors (Lipinski definition) is 7. The molecule has 32 heavy (non-hydrogen) atoms. The Hall–Kier alpha value is -2.59. The fourth-order valence-electron chi connectivity index (χ4n) is 4.14. The van der Waals surface area contributed by atoms with Crippen LogP contribution in [-0.2, 0) is 21.4 Å². The summed E-state index contributed by atoms with van der Waals surface area (Å²) in [5.41, 5.74) is 1.22. The van der Waals surface area contributed by atoms with Gasteiger partial charge in [-0.25, -0.2) is 8.42 Å². The molecular formula is C22H31N3O6S. The molecule has 1 aliphatic rings. The number of nitrogens with one attached hydrogen (secondary N) is 1. The van der Waals surface area contributed by atoms with E-state index in [-0.39, 0.29) is 22.6 Å². The lowest BCUT2D eigenvalue weighted by atomic mass is 9.85. The topological polar surface area (TPSA) is 111 Å². The predicted molar refractivity (Wildman–Crippen MR) is 118 cm³/mol. The normalized spacial score (nSPS) is 16.5. The molecule has 1 aromatic carbocycles. The van der Waals surface area contributed by atoms with E-state index < -0.39 is 10.0 Å². The number of rotatable bonds is 8. The first-order valence-corrected chi connectivity index (χ1v) is 12.0. The quantitative estimate of drug-likeness (QED) is 0.638. The molecule has 0 radical (unpaired) electrons. The van der Waals surface area contributed by atoms with Crippen LogP contribution >= 0.6 is 0 Å². The molecule has 1 aliphatic heterocycles. The smallest absolute Gasteiger partial charge is 0.248 e. The molecule has 1 unspecified atom stereocenters. The van der Waals surface area contributed by atoms with E-state index in [2.05, 4.69) is 10.5 Å². The van der Waals surface area contributed by atoms with Gasteiger partial charge >= 0.3 is 0 Å². The van der Waals surface area contributed by atoms with E-state index in [0.717, 1.165) is 5.56 Å². The molecule has 1 atom stereocenters. The maximum Gasteiger partial charge on any atom is 0.248 e. The number of nitrogens with zero attached hydrogens (tertiary/aromatic N) is 2. The van der Waals surface area contributed by atoms with Gasteiger partial charge in [-0.2, -0.15) is 4.31 Å². The number of sulfonamides is 1. The number of benzene rings is 1. The summed E-state index contributed by atoms with van der Waals surface area (Å²) in [4.78, 5) is 12.9. The van der Waals surface area contributed by atoms with Crippen molar-refractivity contribution in [3.05, 3.63) is 35.2 Å². The molecule has 176 valence electrons. The van der Waals surface area contributed by atoms with E-state index in [1.54, 1.807) is 34.1 Å². The van der Waals surface area contributed by atoms with Crippen LogP contribution in [0, 0.1) is 25.7 Å². The number of carbonyl (C=O) groups is 1. The zero-order valence-corrected chi connectivity index (χ0v) is 20.0. The van der Waals surface area contributed by atoms with E-state index in [1.165, 1.54) is 4.31 Å². The van der Waals surface area contributed by atoms with Gasteiger partial charge in [-0.15, -0.1) is 0 Å². The van der Waals surface area contributed by atoms with E-state index >= 15 is 0 Å². The molecule has 0 spiro atoms. The predicted octanol–water partition coefficient (Wildman–Crippen LogP) is 2.66. The molecule has 1 N–H and O–H groups in total. The van der Waals surface area contributed by atoms with Gasteiger partial charge in [0.2, 0.25) is 15.9 Å². The molecule has 0 bridgehead atoms. The van der Waals surface area contributed by atoms with Crippen molar-refractivity contribution in [2.75, 3.05) is 27.3 Å². The van der Waals surface area contributed by atoms with Crippen LogP contribution in [0.5, 0.6) is 11.5 Å². The summed E-state index contributed by atoms with van der Waals surface area (Å²) in [6.07, 6.45) is 1.23. The number of aromatic nitrogens is 1. The summed E-state index contributed by atoms with van der Waals surface area (Å²) >= 11 is 0. The van der Waals surface area contributed by atoms with E-state index in [0.29, 0.717) is 55.4 Å². The molecule has 0 aliphatic carbocycles. The van der Waals surface area contributed by atoms with E-state index in [1.807, 2.05) is 19.1 Å². The largest absolute Gasteiger partial charge is 0.497 e. The molecule has 10 heteroatoms. The van der Waals surface area contributed by atoms with Crippen molar-refractivity contribution in [1.82, 2.24) is 14.8 Å². The summed E-state index contributed by atoms with van der Waals surface area (Å²) in [7, 11) is -0.494. The van der Waals surface area contributed by atoms with Gasteiger partial charge in [0.05, 0.1) is 14.2 Å². The monoisotopic (exact) mass is 465 g/mol. The number of ether oxygens (including phenoxy) is 2. The molecule has 2 aromatic rings. The molecule has 1 fully saturated rings. The Morgan fingerprint density at radius 2 is 1.94 bits per heavy atom. The van der Waals surface area contributed by atoms with Crippen molar-refractivity contribution in [2.45, 2.75) is 45.1 Å². The number of carbonyl (C=O) groups excluding carboxylic acids is 1. The van der Waals surface area contributed by atoms with Crippen LogP contribution in [0.25, 0.3) is 0 Å². The highest BCUT2D eigenvalue weighted by Gasteiger charge is 2.36. The van der Waals surface area contributed by atoms with E-state index in [4.69, 9.17) is 14.0 Å². The van der Waals surface area contributed by atoms with Gasteiger partial charge in [-0.05, 0) is 44.7 Å². The number of aryl methyl sites for hydroxylation is 2. The fourth-order valence-corrected chi connectivity index (χ4v) is 5.90.